The van der Waals surface area contributed by atoms with Crippen molar-refractivity contribution < 1.29 is 17.9 Å². The van der Waals surface area contributed by atoms with Crippen LogP contribution >= 0.6 is 11.6 Å². The van der Waals surface area contributed by atoms with Gasteiger partial charge in [0.2, 0.25) is 10.0 Å². The maximum atomic E-state index is 12.6. The van der Waals surface area contributed by atoms with Gasteiger partial charge in [0.1, 0.15) is 24.0 Å². The molecule has 162 valence electrons. The quantitative estimate of drug-likeness (QED) is 0.400. The van der Waals surface area contributed by atoms with Gasteiger partial charge in [0, 0.05) is 21.8 Å². The largest absolute Gasteiger partial charge is 0.488 e. The van der Waals surface area contributed by atoms with Gasteiger partial charge in [-0.2, -0.15) is 5.26 Å². The molecule has 0 spiro atoms. The molecule has 9 heteroatoms. The van der Waals surface area contributed by atoms with Crippen LogP contribution in [-0.2, 0) is 21.4 Å². The number of nitrogens with zero attached hydrogens (tertiary/aromatic N) is 1. The van der Waals surface area contributed by atoms with Crippen LogP contribution in [0.25, 0.3) is 6.08 Å². The predicted molar refractivity (Wildman–Crippen MR) is 122 cm³/mol. The Kier molecular flexibility index (Phi) is 7.28. The van der Waals surface area contributed by atoms with Gasteiger partial charge >= 0.3 is 0 Å². The summed E-state index contributed by atoms with van der Waals surface area (Å²) in [5, 5.41) is 17.7. The number of nitriles is 1. The summed E-state index contributed by atoms with van der Waals surface area (Å²) >= 11 is 6.16. The van der Waals surface area contributed by atoms with Gasteiger partial charge in [-0.3, -0.25) is 4.79 Å². The van der Waals surface area contributed by atoms with Gasteiger partial charge in [-0.25, -0.2) is 13.6 Å². The van der Waals surface area contributed by atoms with Crippen LogP contribution in [0.2, 0.25) is 5.02 Å². The molecule has 3 aromatic rings. The standard InChI is InChI=1S/C23H18ClN3O4S/c24-21-7-3-1-6-17(21)15-31-22-8-4-2-5-16(22)13-18(14-25)23(28)27-19-9-11-20(12-10-19)32(26,29)30/h1-13H,15H2,(H,27,28)(H2,26,29,30)/b18-13-. The molecule has 3 rings (SSSR count). The molecular weight excluding hydrogens is 450 g/mol. The number of primary sulfonamides is 1. The maximum absolute atomic E-state index is 12.6. The van der Waals surface area contributed by atoms with Crippen molar-refractivity contribution >= 4 is 39.3 Å². The lowest BCUT2D eigenvalue weighted by atomic mass is 10.1. The summed E-state index contributed by atoms with van der Waals surface area (Å²) < 4.78 is 28.5. The highest BCUT2D eigenvalue weighted by Crippen LogP contribution is 2.24. The van der Waals surface area contributed by atoms with Gasteiger partial charge < -0.3 is 10.1 Å². The van der Waals surface area contributed by atoms with E-state index in [1.807, 2.05) is 24.3 Å². The number of benzene rings is 3. The lowest BCUT2D eigenvalue weighted by Crippen LogP contribution is -2.14. The Labute approximate surface area is 190 Å². The molecule has 1 amide bonds. The van der Waals surface area contributed by atoms with Crippen LogP contribution in [0.1, 0.15) is 11.1 Å². The first kappa shape index (κ1) is 23.0. The van der Waals surface area contributed by atoms with Crippen LogP contribution in [0.15, 0.2) is 83.3 Å². The Balaban J connectivity index is 1.78. The Morgan fingerprint density at radius 2 is 1.72 bits per heavy atom. The monoisotopic (exact) mass is 467 g/mol. The van der Waals surface area contributed by atoms with Gasteiger partial charge in [-0.1, -0.05) is 48.0 Å². The average molecular weight is 468 g/mol. The number of halogens is 1. The van der Waals surface area contributed by atoms with E-state index < -0.39 is 15.9 Å². The first-order valence-corrected chi connectivity index (χ1v) is 11.2. The smallest absolute Gasteiger partial charge is 0.266 e. The minimum atomic E-state index is -3.84. The number of hydrogen-bond acceptors (Lipinski definition) is 5. The summed E-state index contributed by atoms with van der Waals surface area (Å²) in [6.45, 7) is 0.217. The Hall–Kier alpha value is -3.64. The Morgan fingerprint density at radius 1 is 1.06 bits per heavy atom. The minimum absolute atomic E-state index is 0.0869. The molecule has 0 aliphatic heterocycles. The van der Waals surface area contributed by atoms with Gasteiger partial charge in [0.05, 0.1) is 4.90 Å². The van der Waals surface area contributed by atoms with E-state index in [-0.39, 0.29) is 17.1 Å². The molecule has 0 heterocycles. The second-order valence-electron chi connectivity index (χ2n) is 6.61. The van der Waals surface area contributed by atoms with E-state index in [0.717, 1.165) is 5.56 Å². The molecule has 0 aromatic heterocycles. The van der Waals surface area contributed by atoms with Crippen molar-refractivity contribution in [2.24, 2.45) is 5.14 Å². The fraction of sp³-hybridized carbons (Fsp3) is 0.0435. The molecule has 0 saturated carbocycles. The number of amides is 1. The van der Waals surface area contributed by atoms with Gasteiger partial charge in [0.25, 0.3) is 5.91 Å². The summed E-state index contributed by atoms with van der Waals surface area (Å²) in [5.41, 5.74) is 1.49. The van der Waals surface area contributed by atoms with Gasteiger partial charge in [-0.15, -0.1) is 0 Å². The lowest BCUT2D eigenvalue weighted by molar-refractivity contribution is -0.112. The van der Waals surface area contributed by atoms with Crippen LogP contribution in [-0.4, -0.2) is 14.3 Å². The second kappa shape index (κ2) is 10.1. The third kappa shape index (κ3) is 5.95. The first-order chi connectivity index (χ1) is 15.3. The molecule has 0 saturated heterocycles. The summed E-state index contributed by atoms with van der Waals surface area (Å²) in [4.78, 5) is 12.5. The van der Waals surface area contributed by atoms with E-state index in [2.05, 4.69) is 5.32 Å². The first-order valence-electron chi connectivity index (χ1n) is 9.29. The van der Waals surface area contributed by atoms with Gasteiger partial charge in [-0.05, 0) is 42.5 Å². The highest BCUT2D eigenvalue weighted by molar-refractivity contribution is 7.89. The number of carbonyl (C=O) groups is 1. The topological polar surface area (TPSA) is 122 Å². The van der Waals surface area contributed by atoms with E-state index in [0.29, 0.717) is 22.0 Å². The van der Waals surface area contributed by atoms with Crippen LogP contribution in [0.5, 0.6) is 5.75 Å². The van der Waals surface area contributed by atoms with Crippen molar-refractivity contribution in [3.63, 3.8) is 0 Å². The van der Waals surface area contributed by atoms with E-state index in [9.17, 15) is 18.5 Å². The van der Waals surface area contributed by atoms with Crippen LogP contribution in [0.4, 0.5) is 5.69 Å². The minimum Gasteiger partial charge on any atom is -0.488 e. The number of sulfonamides is 1. The fourth-order valence-corrected chi connectivity index (χ4v) is 3.44. The van der Waals surface area contributed by atoms with E-state index in [1.54, 1.807) is 30.3 Å². The lowest BCUT2D eigenvalue weighted by Gasteiger charge is -2.11. The predicted octanol–water partition coefficient (Wildman–Crippen LogP) is 4.11. The number of anilines is 1. The maximum Gasteiger partial charge on any atom is 0.266 e. The molecule has 0 bridgehead atoms. The van der Waals surface area contributed by atoms with E-state index >= 15 is 0 Å². The van der Waals surface area contributed by atoms with Crippen LogP contribution < -0.4 is 15.2 Å². The summed E-state index contributed by atoms with van der Waals surface area (Å²) in [5.74, 6) is -0.178. The van der Waals surface area contributed by atoms with Crippen molar-refractivity contribution in [3.8, 4) is 11.8 Å². The normalized spacial score (nSPS) is 11.5. The van der Waals surface area contributed by atoms with Gasteiger partial charge in [0.15, 0.2) is 0 Å². The molecule has 7 nitrogen and oxygen atoms in total. The number of carbonyl (C=O) groups excluding carboxylic acids is 1. The fourth-order valence-electron chi connectivity index (χ4n) is 2.73. The number of nitrogens with two attached hydrogens (primary N) is 1. The molecule has 0 radical (unpaired) electrons. The highest BCUT2D eigenvalue weighted by Gasteiger charge is 2.13. The van der Waals surface area contributed by atoms with Crippen molar-refractivity contribution in [1.29, 1.82) is 5.26 Å². The molecule has 0 atom stereocenters. The van der Waals surface area contributed by atoms with Crippen molar-refractivity contribution in [1.82, 2.24) is 0 Å². The number of ether oxygens (including phenoxy) is 1. The number of nitrogens with one attached hydrogen (secondary N) is 1. The average Bonchev–Trinajstić information content (AvgIpc) is 2.77. The molecule has 32 heavy (non-hydrogen) atoms. The molecular formula is C23H18ClN3O4S. The molecule has 0 fully saturated rings. The zero-order chi connectivity index (χ0) is 23.1. The number of rotatable bonds is 7. The third-order valence-electron chi connectivity index (χ3n) is 4.37. The van der Waals surface area contributed by atoms with E-state index in [4.69, 9.17) is 21.5 Å². The Bertz CT molecular complexity index is 1310. The number of para-hydroxylation sites is 1. The van der Waals surface area contributed by atoms with E-state index in [1.165, 1.54) is 30.3 Å². The summed E-state index contributed by atoms with van der Waals surface area (Å²) in [7, 11) is -3.84. The molecule has 0 aliphatic carbocycles. The molecule has 0 unspecified atom stereocenters. The molecule has 3 N–H and O–H groups in total. The summed E-state index contributed by atoms with van der Waals surface area (Å²) in [6, 6.07) is 21.4. The van der Waals surface area contributed by atoms with Crippen LogP contribution in [0, 0.1) is 11.3 Å². The number of hydrogen-bond donors (Lipinski definition) is 2. The Morgan fingerprint density at radius 3 is 2.38 bits per heavy atom. The second-order valence-corrected chi connectivity index (χ2v) is 8.58. The molecule has 0 aliphatic rings. The highest BCUT2D eigenvalue weighted by atomic mass is 35.5. The van der Waals surface area contributed by atoms with Crippen molar-refractivity contribution in [3.05, 3.63) is 94.5 Å². The molecule has 3 aromatic carbocycles. The van der Waals surface area contributed by atoms with Crippen LogP contribution in [0.3, 0.4) is 0 Å². The zero-order valence-corrected chi connectivity index (χ0v) is 18.2. The van der Waals surface area contributed by atoms with Crippen molar-refractivity contribution in [2.45, 2.75) is 11.5 Å². The SMILES string of the molecule is N#C/C(=C/c1ccccc1OCc1ccccc1Cl)C(=O)Nc1ccc(S(N)(=O)=O)cc1. The summed E-state index contributed by atoms with van der Waals surface area (Å²) in [6.07, 6.45) is 1.41. The van der Waals surface area contributed by atoms with Crippen molar-refractivity contribution in [2.75, 3.05) is 5.32 Å². The zero-order valence-electron chi connectivity index (χ0n) is 16.7. The third-order valence-corrected chi connectivity index (χ3v) is 5.66.